The van der Waals surface area contributed by atoms with Crippen LogP contribution in [0.25, 0.3) is 6.08 Å². The molecule has 0 saturated carbocycles. The van der Waals surface area contributed by atoms with E-state index in [1.54, 1.807) is 72.8 Å². The molecule has 30 heavy (non-hydrogen) atoms. The van der Waals surface area contributed by atoms with Gasteiger partial charge in [0.25, 0.3) is 11.8 Å². The molecule has 3 rings (SSSR count). The minimum Gasteiger partial charge on any atom is -0.322 e. The number of nitriles is 1. The van der Waals surface area contributed by atoms with Crippen molar-refractivity contribution in [2.45, 2.75) is 0 Å². The number of hydrogen-bond donors (Lipinski definition) is 2. The second-order valence-corrected chi connectivity index (χ2v) is 6.98. The molecule has 0 spiro atoms. The Morgan fingerprint density at radius 1 is 0.867 bits per heavy atom. The van der Waals surface area contributed by atoms with Gasteiger partial charge in [-0.2, -0.15) is 5.26 Å². The Hall–Kier alpha value is -3.59. The van der Waals surface area contributed by atoms with Crippen LogP contribution in [0.3, 0.4) is 0 Å². The van der Waals surface area contributed by atoms with Crippen molar-refractivity contribution < 1.29 is 9.59 Å². The lowest BCUT2D eigenvalue weighted by Gasteiger charge is -2.08. The Balaban J connectivity index is 1.78. The number of para-hydroxylation sites is 1. The second kappa shape index (κ2) is 9.75. The maximum atomic E-state index is 12.4. The largest absolute Gasteiger partial charge is 0.322 e. The molecule has 0 atom stereocenters. The monoisotopic (exact) mass is 435 g/mol. The Morgan fingerprint density at radius 2 is 1.57 bits per heavy atom. The molecule has 2 amide bonds. The van der Waals surface area contributed by atoms with E-state index in [0.29, 0.717) is 32.5 Å². The van der Waals surface area contributed by atoms with Gasteiger partial charge in [-0.05, 0) is 48.0 Å². The fraction of sp³-hybridized carbons (Fsp3) is 0. The molecule has 148 valence electrons. The van der Waals surface area contributed by atoms with Gasteiger partial charge in [-0.25, -0.2) is 0 Å². The van der Waals surface area contributed by atoms with Crippen LogP contribution in [0, 0.1) is 11.3 Å². The zero-order valence-corrected chi connectivity index (χ0v) is 17.0. The Bertz CT molecular complexity index is 1180. The van der Waals surface area contributed by atoms with Crippen LogP contribution in [0.1, 0.15) is 15.9 Å². The molecular formula is C23H15Cl2N3O2. The van der Waals surface area contributed by atoms with Crippen molar-refractivity contribution in [1.82, 2.24) is 0 Å². The average Bonchev–Trinajstić information content (AvgIpc) is 2.74. The van der Waals surface area contributed by atoms with Gasteiger partial charge in [0.05, 0.1) is 21.3 Å². The summed E-state index contributed by atoms with van der Waals surface area (Å²) >= 11 is 12.1. The molecule has 5 nitrogen and oxygen atoms in total. The first-order valence-electron chi connectivity index (χ1n) is 8.81. The van der Waals surface area contributed by atoms with Gasteiger partial charge >= 0.3 is 0 Å². The standard InChI is InChI=1S/C23H15Cl2N3O2/c24-19-9-2-1-8-18(19)23(30)27-17-7-5-6-15(13-17)12-16(14-26)22(29)28-21-11-4-3-10-20(21)25/h1-13H,(H,27,30)(H,28,29)/b16-12+. The van der Waals surface area contributed by atoms with Gasteiger partial charge in [0, 0.05) is 5.69 Å². The number of hydrogen-bond acceptors (Lipinski definition) is 3. The molecule has 0 aliphatic carbocycles. The normalized spacial score (nSPS) is 10.8. The summed E-state index contributed by atoms with van der Waals surface area (Å²) in [4.78, 5) is 24.9. The maximum Gasteiger partial charge on any atom is 0.266 e. The van der Waals surface area contributed by atoms with Crippen LogP contribution in [-0.4, -0.2) is 11.8 Å². The van der Waals surface area contributed by atoms with Gasteiger partial charge in [-0.3, -0.25) is 9.59 Å². The van der Waals surface area contributed by atoms with E-state index in [1.165, 1.54) is 6.08 Å². The van der Waals surface area contributed by atoms with Crippen LogP contribution in [-0.2, 0) is 4.79 Å². The maximum absolute atomic E-state index is 12.4. The van der Waals surface area contributed by atoms with Crippen LogP contribution in [0.15, 0.2) is 78.4 Å². The van der Waals surface area contributed by atoms with Crippen LogP contribution >= 0.6 is 23.2 Å². The molecule has 0 unspecified atom stereocenters. The van der Waals surface area contributed by atoms with E-state index in [1.807, 2.05) is 6.07 Å². The number of nitrogens with zero attached hydrogens (tertiary/aromatic N) is 1. The van der Waals surface area contributed by atoms with Crippen molar-refractivity contribution in [1.29, 1.82) is 5.26 Å². The number of nitrogens with one attached hydrogen (secondary N) is 2. The molecule has 0 saturated heterocycles. The summed E-state index contributed by atoms with van der Waals surface area (Å²) in [5, 5.41) is 15.5. The van der Waals surface area contributed by atoms with Crippen LogP contribution in [0.2, 0.25) is 10.0 Å². The van der Waals surface area contributed by atoms with Crippen molar-refractivity contribution in [3.63, 3.8) is 0 Å². The average molecular weight is 436 g/mol. The van der Waals surface area contributed by atoms with Crippen LogP contribution < -0.4 is 10.6 Å². The van der Waals surface area contributed by atoms with E-state index >= 15 is 0 Å². The van der Waals surface area contributed by atoms with E-state index in [-0.39, 0.29) is 11.5 Å². The summed E-state index contributed by atoms with van der Waals surface area (Å²) in [6.45, 7) is 0. The smallest absolute Gasteiger partial charge is 0.266 e. The molecule has 0 aromatic heterocycles. The lowest BCUT2D eigenvalue weighted by molar-refractivity contribution is -0.112. The van der Waals surface area contributed by atoms with Gasteiger partial charge in [0.2, 0.25) is 0 Å². The highest BCUT2D eigenvalue weighted by Crippen LogP contribution is 2.22. The molecule has 3 aromatic rings. The highest BCUT2D eigenvalue weighted by molar-refractivity contribution is 6.34. The van der Waals surface area contributed by atoms with Gasteiger partial charge in [0.15, 0.2) is 0 Å². The van der Waals surface area contributed by atoms with Crippen molar-refractivity contribution >= 4 is 52.5 Å². The summed E-state index contributed by atoms with van der Waals surface area (Å²) in [7, 11) is 0. The molecule has 0 fully saturated rings. The van der Waals surface area contributed by atoms with Gasteiger partial charge < -0.3 is 10.6 Å². The number of carbonyl (C=O) groups excluding carboxylic acids is 2. The van der Waals surface area contributed by atoms with E-state index in [2.05, 4.69) is 10.6 Å². The number of amides is 2. The topological polar surface area (TPSA) is 82.0 Å². The number of carbonyl (C=O) groups is 2. The molecule has 2 N–H and O–H groups in total. The number of benzene rings is 3. The number of anilines is 2. The third kappa shape index (κ3) is 5.26. The van der Waals surface area contributed by atoms with E-state index < -0.39 is 5.91 Å². The Kier molecular flexibility index (Phi) is 6.87. The second-order valence-electron chi connectivity index (χ2n) is 6.16. The zero-order chi connectivity index (χ0) is 21.5. The molecule has 0 aliphatic heterocycles. The van der Waals surface area contributed by atoms with Crippen molar-refractivity contribution in [2.75, 3.05) is 10.6 Å². The minimum absolute atomic E-state index is 0.107. The van der Waals surface area contributed by atoms with Crippen LogP contribution in [0.4, 0.5) is 11.4 Å². The van der Waals surface area contributed by atoms with Crippen molar-refractivity contribution in [2.24, 2.45) is 0 Å². The van der Waals surface area contributed by atoms with E-state index in [4.69, 9.17) is 23.2 Å². The molecular weight excluding hydrogens is 421 g/mol. The summed E-state index contributed by atoms with van der Waals surface area (Å²) < 4.78 is 0. The first kappa shape index (κ1) is 21.1. The van der Waals surface area contributed by atoms with E-state index in [0.717, 1.165) is 0 Å². The Labute approximate surface area is 183 Å². The highest BCUT2D eigenvalue weighted by atomic mass is 35.5. The third-order valence-corrected chi connectivity index (χ3v) is 4.72. The van der Waals surface area contributed by atoms with Gasteiger partial charge in [-0.1, -0.05) is 59.6 Å². The quantitative estimate of drug-likeness (QED) is 0.392. The molecule has 3 aromatic carbocycles. The minimum atomic E-state index is -0.587. The summed E-state index contributed by atoms with van der Waals surface area (Å²) in [6, 6.07) is 22.1. The molecule has 0 radical (unpaired) electrons. The molecule has 0 heterocycles. The summed E-state index contributed by atoms with van der Waals surface area (Å²) in [5.41, 5.74) is 1.71. The molecule has 0 aliphatic rings. The predicted octanol–water partition coefficient (Wildman–Crippen LogP) is 5.79. The SMILES string of the molecule is N#C/C(=C\c1cccc(NC(=O)c2ccccc2Cl)c1)C(=O)Nc1ccccc1Cl. The first-order valence-corrected chi connectivity index (χ1v) is 9.57. The van der Waals surface area contributed by atoms with Crippen LogP contribution in [0.5, 0.6) is 0 Å². The fourth-order valence-corrected chi connectivity index (χ4v) is 3.02. The summed E-state index contributed by atoms with van der Waals surface area (Å²) in [5.74, 6) is -0.949. The number of halogens is 2. The number of rotatable bonds is 5. The third-order valence-electron chi connectivity index (χ3n) is 4.06. The van der Waals surface area contributed by atoms with Crippen molar-refractivity contribution in [3.05, 3.63) is 99.5 Å². The first-order chi connectivity index (χ1) is 14.5. The van der Waals surface area contributed by atoms with Crippen molar-refractivity contribution in [3.8, 4) is 6.07 Å². The fourth-order valence-electron chi connectivity index (χ4n) is 2.62. The Morgan fingerprint density at radius 3 is 2.27 bits per heavy atom. The lowest BCUT2D eigenvalue weighted by Crippen LogP contribution is -2.14. The zero-order valence-electron chi connectivity index (χ0n) is 15.5. The van der Waals surface area contributed by atoms with E-state index in [9.17, 15) is 14.9 Å². The molecule has 7 heteroatoms. The predicted molar refractivity (Wildman–Crippen MR) is 120 cm³/mol. The summed E-state index contributed by atoms with van der Waals surface area (Å²) in [6.07, 6.45) is 1.43. The van der Waals surface area contributed by atoms with Gasteiger partial charge in [-0.15, -0.1) is 0 Å². The van der Waals surface area contributed by atoms with Gasteiger partial charge in [0.1, 0.15) is 11.6 Å². The highest BCUT2D eigenvalue weighted by Gasteiger charge is 2.12. The lowest BCUT2D eigenvalue weighted by atomic mass is 10.1. The molecule has 0 bridgehead atoms.